The molecule has 6 heteroatoms. The van der Waals surface area contributed by atoms with E-state index in [0.29, 0.717) is 24.7 Å². The Labute approximate surface area is 107 Å². The predicted octanol–water partition coefficient (Wildman–Crippen LogP) is 1.26. The number of sulfonamides is 1. The van der Waals surface area contributed by atoms with Crippen LogP contribution in [0.2, 0.25) is 0 Å². The number of rotatable bonds is 1. The Balaban J connectivity index is 2.57. The summed E-state index contributed by atoms with van der Waals surface area (Å²) in [5.41, 5.74) is 0. The summed E-state index contributed by atoms with van der Waals surface area (Å²) >= 11 is 0. The van der Waals surface area contributed by atoms with Crippen LogP contribution >= 0.6 is 0 Å². The molecule has 2 rings (SSSR count). The summed E-state index contributed by atoms with van der Waals surface area (Å²) in [6.45, 7) is 0.667. The fourth-order valence-corrected chi connectivity index (χ4v) is 2.87. The fourth-order valence-electron chi connectivity index (χ4n) is 1.64. The van der Waals surface area contributed by atoms with Gasteiger partial charge in [0.25, 0.3) is 0 Å². The average Bonchev–Trinajstić information content (AvgIpc) is 2.41. The fraction of sp³-hybridized carbons (Fsp3) is 0.333. The Morgan fingerprint density at radius 2 is 2.11 bits per heavy atom. The highest BCUT2D eigenvalue weighted by atomic mass is 32.2. The van der Waals surface area contributed by atoms with E-state index >= 15 is 0 Å². The first-order valence-electron chi connectivity index (χ1n) is 5.48. The van der Waals surface area contributed by atoms with Gasteiger partial charge in [0.05, 0.1) is 7.11 Å². The van der Waals surface area contributed by atoms with Gasteiger partial charge in [-0.15, -0.1) is 0 Å². The van der Waals surface area contributed by atoms with Crippen molar-refractivity contribution in [2.24, 2.45) is 0 Å². The Kier molecular flexibility index (Phi) is 3.58. The van der Waals surface area contributed by atoms with E-state index in [9.17, 15) is 8.42 Å². The van der Waals surface area contributed by atoms with Crippen LogP contribution in [-0.2, 0) is 10.0 Å². The molecule has 1 aromatic rings. The summed E-state index contributed by atoms with van der Waals surface area (Å²) in [7, 11) is -0.461. The van der Waals surface area contributed by atoms with E-state index in [2.05, 4.69) is 0 Å². The quantitative estimate of drug-likeness (QED) is 0.720. The lowest BCUT2D eigenvalue weighted by Gasteiger charge is -2.17. The van der Waals surface area contributed by atoms with Gasteiger partial charge >= 0.3 is 0 Å². The van der Waals surface area contributed by atoms with E-state index in [0.717, 1.165) is 0 Å². The monoisotopic (exact) mass is 269 g/mol. The molecule has 0 unspecified atom stereocenters. The van der Waals surface area contributed by atoms with Crippen molar-refractivity contribution < 1.29 is 17.9 Å². The van der Waals surface area contributed by atoms with Crippen LogP contribution in [0.1, 0.15) is 0 Å². The van der Waals surface area contributed by atoms with Crippen molar-refractivity contribution in [2.75, 3.05) is 27.3 Å². The molecule has 0 aromatic heterocycles. The Morgan fingerprint density at radius 3 is 2.83 bits per heavy atom. The zero-order valence-electron chi connectivity index (χ0n) is 10.3. The molecule has 0 spiro atoms. The van der Waals surface area contributed by atoms with E-state index in [4.69, 9.17) is 9.47 Å². The van der Waals surface area contributed by atoms with Gasteiger partial charge in [-0.2, -0.15) is 4.31 Å². The number of likely N-dealkylation sites (N-methyl/N-ethyl adjacent to an activating group) is 1. The molecule has 98 valence electrons. The normalized spacial score (nSPS) is 20.8. The average molecular weight is 269 g/mol. The Hall–Kier alpha value is -1.53. The smallest absolute Gasteiger partial charge is 0.246 e. The lowest BCUT2D eigenvalue weighted by Crippen LogP contribution is -2.27. The first-order valence-corrected chi connectivity index (χ1v) is 6.92. The molecule has 0 bridgehead atoms. The Morgan fingerprint density at radius 1 is 1.33 bits per heavy atom. The summed E-state index contributed by atoms with van der Waals surface area (Å²) in [6.07, 6.45) is 3.56. The topological polar surface area (TPSA) is 55.8 Å². The standard InChI is InChI=1S/C12H15NO4S/c1-13-7-3-4-8-17-11-9-10(16-2)5-6-12(11)18(13,14)15/h3-6,9H,7-8H2,1-2H3/b4-3-. The molecular weight excluding hydrogens is 254 g/mol. The molecule has 1 aliphatic heterocycles. The molecule has 0 saturated heterocycles. The maximum Gasteiger partial charge on any atom is 0.246 e. The molecule has 0 saturated carbocycles. The molecule has 0 fully saturated rings. The highest BCUT2D eigenvalue weighted by molar-refractivity contribution is 7.89. The van der Waals surface area contributed by atoms with Gasteiger partial charge in [-0.05, 0) is 12.1 Å². The third-order valence-electron chi connectivity index (χ3n) is 2.70. The van der Waals surface area contributed by atoms with Gasteiger partial charge in [0.2, 0.25) is 10.0 Å². The highest BCUT2D eigenvalue weighted by Gasteiger charge is 2.25. The number of nitrogens with zero attached hydrogens (tertiary/aromatic N) is 1. The molecule has 0 amide bonds. The third kappa shape index (κ3) is 2.34. The van der Waals surface area contributed by atoms with Gasteiger partial charge in [0.1, 0.15) is 23.0 Å². The maximum absolute atomic E-state index is 12.3. The van der Waals surface area contributed by atoms with Crippen LogP contribution in [0, 0.1) is 0 Å². The van der Waals surface area contributed by atoms with Gasteiger partial charge in [0, 0.05) is 19.7 Å². The van der Waals surface area contributed by atoms with Gasteiger partial charge in [-0.25, -0.2) is 8.42 Å². The number of benzene rings is 1. The van der Waals surface area contributed by atoms with Gasteiger partial charge in [-0.1, -0.05) is 12.2 Å². The number of ether oxygens (including phenoxy) is 2. The third-order valence-corrected chi connectivity index (χ3v) is 4.57. The van der Waals surface area contributed by atoms with Crippen molar-refractivity contribution in [2.45, 2.75) is 4.90 Å². The van der Waals surface area contributed by atoms with E-state index in [1.165, 1.54) is 17.5 Å². The molecule has 5 nitrogen and oxygen atoms in total. The van der Waals surface area contributed by atoms with Crippen molar-refractivity contribution in [1.82, 2.24) is 4.31 Å². The van der Waals surface area contributed by atoms with Crippen molar-refractivity contribution >= 4 is 10.0 Å². The van der Waals surface area contributed by atoms with Crippen LogP contribution < -0.4 is 9.47 Å². The second-order valence-electron chi connectivity index (χ2n) is 3.88. The Bertz CT molecular complexity index is 565. The minimum Gasteiger partial charge on any atom is -0.497 e. The number of methoxy groups -OCH3 is 1. The molecule has 0 aliphatic carbocycles. The molecule has 18 heavy (non-hydrogen) atoms. The molecule has 0 atom stereocenters. The zero-order chi connectivity index (χ0) is 13.2. The number of fused-ring (bicyclic) bond motifs is 1. The largest absolute Gasteiger partial charge is 0.497 e. The molecule has 0 N–H and O–H groups in total. The molecule has 1 aliphatic rings. The summed E-state index contributed by atoms with van der Waals surface area (Å²) in [4.78, 5) is 0.162. The van der Waals surface area contributed by atoms with Crippen LogP contribution in [0.3, 0.4) is 0 Å². The number of hydrogen-bond donors (Lipinski definition) is 0. The van der Waals surface area contributed by atoms with E-state index in [1.807, 2.05) is 0 Å². The maximum atomic E-state index is 12.3. The molecular formula is C12H15NO4S. The first-order chi connectivity index (χ1) is 8.55. The molecule has 1 heterocycles. The van der Waals surface area contributed by atoms with Gasteiger partial charge < -0.3 is 9.47 Å². The van der Waals surface area contributed by atoms with Crippen molar-refractivity contribution in [3.63, 3.8) is 0 Å². The SMILES string of the molecule is COc1ccc2c(c1)OC/C=C\CN(C)S2(=O)=O. The van der Waals surface area contributed by atoms with Crippen LogP contribution in [0.15, 0.2) is 35.2 Å². The van der Waals surface area contributed by atoms with E-state index in [-0.39, 0.29) is 4.90 Å². The predicted molar refractivity (Wildman–Crippen MR) is 67.4 cm³/mol. The lowest BCUT2D eigenvalue weighted by molar-refractivity contribution is 0.347. The van der Waals surface area contributed by atoms with E-state index in [1.54, 1.807) is 31.3 Å². The first kappa shape index (κ1) is 12.9. The second kappa shape index (κ2) is 4.99. The highest BCUT2D eigenvalue weighted by Crippen LogP contribution is 2.30. The number of hydrogen-bond acceptors (Lipinski definition) is 4. The minimum absolute atomic E-state index is 0.162. The van der Waals surface area contributed by atoms with Crippen molar-refractivity contribution in [1.29, 1.82) is 0 Å². The van der Waals surface area contributed by atoms with Crippen LogP contribution in [-0.4, -0.2) is 40.0 Å². The summed E-state index contributed by atoms with van der Waals surface area (Å²) in [5.74, 6) is 0.877. The summed E-state index contributed by atoms with van der Waals surface area (Å²) < 4.78 is 36.4. The van der Waals surface area contributed by atoms with Crippen molar-refractivity contribution in [3.8, 4) is 11.5 Å². The second-order valence-corrected chi connectivity index (χ2v) is 5.89. The van der Waals surface area contributed by atoms with Crippen LogP contribution in [0.4, 0.5) is 0 Å². The summed E-state index contributed by atoms with van der Waals surface area (Å²) in [6, 6.07) is 4.70. The van der Waals surface area contributed by atoms with Crippen molar-refractivity contribution in [3.05, 3.63) is 30.4 Å². The van der Waals surface area contributed by atoms with Gasteiger partial charge in [0.15, 0.2) is 0 Å². The molecule has 1 aromatic carbocycles. The summed E-state index contributed by atoms with van der Waals surface area (Å²) in [5, 5.41) is 0. The van der Waals surface area contributed by atoms with Crippen LogP contribution in [0.5, 0.6) is 11.5 Å². The van der Waals surface area contributed by atoms with Crippen LogP contribution in [0.25, 0.3) is 0 Å². The lowest BCUT2D eigenvalue weighted by atomic mass is 10.3. The molecule has 0 radical (unpaired) electrons. The zero-order valence-corrected chi connectivity index (χ0v) is 11.1. The van der Waals surface area contributed by atoms with E-state index < -0.39 is 10.0 Å². The van der Waals surface area contributed by atoms with Gasteiger partial charge in [-0.3, -0.25) is 0 Å². The minimum atomic E-state index is -3.53.